The van der Waals surface area contributed by atoms with Crippen LogP contribution in [-0.2, 0) is 16.0 Å². The van der Waals surface area contributed by atoms with Gasteiger partial charge in [0.1, 0.15) is 18.1 Å². The van der Waals surface area contributed by atoms with Gasteiger partial charge in [-0.2, -0.15) is 0 Å². The number of rotatable bonds is 15. The van der Waals surface area contributed by atoms with Crippen molar-refractivity contribution in [3.05, 3.63) is 89.0 Å². The maximum absolute atomic E-state index is 13.2. The minimum Gasteiger partial charge on any atom is -0.492 e. The molecule has 0 aromatic heterocycles. The van der Waals surface area contributed by atoms with Crippen molar-refractivity contribution in [2.75, 3.05) is 32.1 Å². The summed E-state index contributed by atoms with van der Waals surface area (Å²) in [6.07, 6.45) is -0.190. The van der Waals surface area contributed by atoms with E-state index in [1.165, 1.54) is 4.90 Å². The number of carboxylic acid groups (broad SMARTS) is 1. The highest BCUT2D eigenvalue weighted by atomic mass is 32.2. The summed E-state index contributed by atoms with van der Waals surface area (Å²) in [7, 11) is 0. The van der Waals surface area contributed by atoms with Crippen LogP contribution in [0.2, 0.25) is 0 Å². The van der Waals surface area contributed by atoms with Gasteiger partial charge in [0.05, 0.1) is 6.54 Å². The highest BCUT2D eigenvalue weighted by Crippen LogP contribution is 2.24. The monoisotopic (exact) mass is 565 g/mol. The van der Waals surface area contributed by atoms with E-state index in [2.05, 4.69) is 12.1 Å². The van der Waals surface area contributed by atoms with Crippen LogP contribution in [0, 0.1) is 20.8 Å². The largest absolute Gasteiger partial charge is 0.492 e. The average Bonchev–Trinajstić information content (AvgIpc) is 2.94. The Morgan fingerprint density at radius 2 is 1.62 bits per heavy atom. The van der Waals surface area contributed by atoms with Crippen molar-refractivity contribution in [2.24, 2.45) is 0 Å². The molecule has 0 bridgehead atoms. The Labute approximate surface area is 241 Å². The van der Waals surface area contributed by atoms with E-state index in [1.807, 2.05) is 63.2 Å². The van der Waals surface area contributed by atoms with Gasteiger partial charge in [-0.05, 0) is 92.5 Å². The minimum atomic E-state index is -0.979. The van der Waals surface area contributed by atoms with Gasteiger partial charge in [-0.15, -0.1) is 11.8 Å². The lowest BCUT2D eigenvalue weighted by atomic mass is 10.1. The van der Waals surface area contributed by atoms with E-state index in [0.717, 1.165) is 34.4 Å². The normalized spacial score (nSPS) is 11.6. The minimum absolute atomic E-state index is 0.280. The van der Waals surface area contributed by atoms with E-state index in [4.69, 9.17) is 14.2 Å². The Hall–Kier alpha value is -3.49. The first-order chi connectivity index (χ1) is 19.3. The second kappa shape index (κ2) is 15.9. The molecule has 0 saturated carbocycles. The van der Waals surface area contributed by atoms with Crippen molar-refractivity contribution < 1.29 is 28.9 Å². The van der Waals surface area contributed by atoms with Gasteiger partial charge >= 0.3 is 12.1 Å². The standard InChI is InChI=1S/C32H39NO6S/c1-5-37-30(31(34)35)22-26-12-14-27(15-13-26)38-18-17-33(16-9-19-40-28-10-7-6-8-11-28)32(36)39-29-21-24(3)23(2)20-25(29)4/h6-8,10-15,20-21,30H,5,9,16-19,22H2,1-4H3,(H,34,35). The molecule has 1 amide bonds. The number of amides is 1. The maximum Gasteiger partial charge on any atom is 0.415 e. The first-order valence-corrected chi connectivity index (χ1v) is 14.5. The number of carboxylic acids is 1. The summed E-state index contributed by atoms with van der Waals surface area (Å²) in [5, 5.41) is 9.31. The zero-order valence-corrected chi connectivity index (χ0v) is 24.5. The topological polar surface area (TPSA) is 85.3 Å². The summed E-state index contributed by atoms with van der Waals surface area (Å²) in [6, 6.07) is 21.4. The number of hydrogen-bond donors (Lipinski definition) is 1. The number of ether oxygens (including phenoxy) is 3. The number of nitrogens with zero attached hydrogens (tertiary/aromatic N) is 1. The number of thioether (sulfide) groups is 1. The van der Waals surface area contributed by atoms with E-state index >= 15 is 0 Å². The number of hydrogen-bond acceptors (Lipinski definition) is 6. The Bertz CT molecular complexity index is 1230. The summed E-state index contributed by atoms with van der Waals surface area (Å²) in [6.45, 7) is 9.30. The van der Waals surface area contributed by atoms with Crippen LogP contribution in [0.4, 0.5) is 4.79 Å². The molecule has 8 heteroatoms. The molecule has 0 heterocycles. The van der Waals surface area contributed by atoms with Gasteiger partial charge in [0.25, 0.3) is 0 Å². The van der Waals surface area contributed by atoms with Gasteiger partial charge in [-0.1, -0.05) is 36.4 Å². The quantitative estimate of drug-likeness (QED) is 0.162. The fraction of sp³-hybridized carbons (Fsp3) is 0.375. The SMILES string of the molecule is CCOC(Cc1ccc(OCCN(CCCSc2ccccc2)C(=O)Oc2cc(C)c(C)cc2C)cc1)C(=O)O. The lowest BCUT2D eigenvalue weighted by Gasteiger charge is -2.23. The molecule has 7 nitrogen and oxygen atoms in total. The highest BCUT2D eigenvalue weighted by molar-refractivity contribution is 7.99. The van der Waals surface area contributed by atoms with Gasteiger partial charge in [0.2, 0.25) is 0 Å². The molecular weight excluding hydrogens is 526 g/mol. The van der Waals surface area contributed by atoms with E-state index < -0.39 is 18.2 Å². The molecule has 214 valence electrons. The summed E-state index contributed by atoms with van der Waals surface area (Å²) in [4.78, 5) is 27.5. The molecular formula is C32H39NO6S. The highest BCUT2D eigenvalue weighted by Gasteiger charge is 2.19. The van der Waals surface area contributed by atoms with Gasteiger partial charge < -0.3 is 24.2 Å². The molecule has 40 heavy (non-hydrogen) atoms. The number of benzene rings is 3. The molecule has 3 aromatic carbocycles. The lowest BCUT2D eigenvalue weighted by molar-refractivity contribution is -0.149. The van der Waals surface area contributed by atoms with Crippen LogP contribution in [0.25, 0.3) is 0 Å². The molecule has 1 atom stereocenters. The molecule has 3 aromatic rings. The molecule has 0 aliphatic rings. The fourth-order valence-electron chi connectivity index (χ4n) is 4.09. The predicted octanol–water partition coefficient (Wildman–Crippen LogP) is 6.71. The van der Waals surface area contributed by atoms with Crippen molar-refractivity contribution in [1.29, 1.82) is 0 Å². The number of aliphatic carboxylic acids is 1. The fourth-order valence-corrected chi connectivity index (χ4v) is 4.95. The summed E-state index contributed by atoms with van der Waals surface area (Å²) in [5.74, 6) is 1.11. The van der Waals surface area contributed by atoms with Crippen molar-refractivity contribution in [3.63, 3.8) is 0 Å². The van der Waals surface area contributed by atoms with Gasteiger partial charge in [-0.3, -0.25) is 0 Å². The van der Waals surface area contributed by atoms with Gasteiger partial charge in [0, 0.05) is 24.5 Å². The predicted molar refractivity (Wildman–Crippen MR) is 159 cm³/mol. The zero-order valence-electron chi connectivity index (χ0n) is 23.7. The zero-order chi connectivity index (χ0) is 28.9. The summed E-state index contributed by atoms with van der Waals surface area (Å²) < 4.78 is 17.0. The second-order valence-electron chi connectivity index (χ2n) is 9.55. The van der Waals surface area contributed by atoms with Crippen molar-refractivity contribution in [2.45, 2.75) is 51.5 Å². The first-order valence-electron chi connectivity index (χ1n) is 13.6. The molecule has 1 unspecified atom stereocenters. The van der Waals surface area contributed by atoms with Crippen LogP contribution >= 0.6 is 11.8 Å². The third-order valence-corrected chi connectivity index (χ3v) is 7.55. The maximum atomic E-state index is 13.2. The third-order valence-electron chi connectivity index (χ3n) is 6.45. The number of carbonyl (C=O) groups is 2. The molecule has 0 fully saturated rings. The van der Waals surface area contributed by atoms with Crippen molar-refractivity contribution in [3.8, 4) is 11.5 Å². The van der Waals surface area contributed by atoms with Gasteiger partial charge in [-0.25, -0.2) is 9.59 Å². The molecule has 0 saturated heterocycles. The third kappa shape index (κ3) is 9.92. The van der Waals surface area contributed by atoms with E-state index in [0.29, 0.717) is 37.8 Å². The summed E-state index contributed by atoms with van der Waals surface area (Å²) in [5.41, 5.74) is 3.99. The number of aryl methyl sites for hydroxylation is 3. The Morgan fingerprint density at radius 3 is 2.30 bits per heavy atom. The number of carbonyl (C=O) groups excluding carboxylic acids is 1. The summed E-state index contributed by atoms with van der Waals surface area (Å²) >= 11 is 1.76. The second-order valence-corrected chi connectivity index (χ2v) is 10.7. The first kappa shape index (κ1) is 31.0. The molecule has 0 aliphatic heterocycles. The molecule has 0 radical (unpaired) electrons. The average molecular weight is 566 g/mol. The molecule has 0 spiro atoms. The Morgan fingerprint density at radius 1 is 0.925 bits per heavy atom. The van der Waals surface area contributed by atoms with E-state index in [1.54, 1.807) is 35.7 Å². The van der Waals surface area contributed by atoms with Crippen LogP contribution in [-0.4, -0.2) is 60.2 Å². The lowest BCUT2D eigenvalue weighted by Crippen LogP contribution is -2.37. The van der Waals surface area contributed by atoms with Crippen LogP contribution in [0.3, 0.4) is 0 Å². The van der Waals surface area contributed by atoms with Crippen molar-refractivity contribution in [1.82, 2.24) is 4.90 Å². The van der Waals surface area contributed by atoms with Crippen LogP contribution in [0.1, 0.15) is 35.6 Å². The van der Waals surface area contributed by atoms with Crippen molar-refractivity contribution >= 4 is 23.8 Å². The molecule has 0 aliphatic carbocycles. The Balaban J connectivity index is 1.58. The Kier molecular flexibility index (Phi) is 12.4. The van der Waals surface area contributed by atoms with E-state index in [-0.39, 0.29) is 6.42 Å². The van der Waals surface area contributed by atoms with Crippen LogP contribution < -0.4 is 9.47 Å². The molecule has 1 N–H and O–H groups in total. The van der Waals surface area contributed by atoms with E-state index in [9.17, 15) is 14.7 Å². The van der Waals surface area contributed by atoms with Gasteiger partial charge in [0.15, 0.2) is 6.10 Å². The van der Waals surface area contributed by atoms with Crippen LogP contribution in [0.15, 0.2) is 71.6 Å². The smallest absolute Gasteiger partial charge is 0.415 e. The molecule has 3 rings (SSSR count). The van der Waals surface area contributed by atoms with Crippen LogP contribution in [0.5, 0.6) is 11.5 Å².